The lowest BCUT2D eigenvalue weighted by Crippen LogP contribution is -2.17. The fraction of sp³-hybridized carbons (Fsp3) is 0.350. The number of carbonyl (C=O) groups excluding carboxylic acids is 1. The summed E-state index contributed by atoms with van der Waals surface area (Å²) in [5.74, 6) is -1.01. The lowest BCUT2D eigenvalue weighted by Gasteiger charge is -2.25. The molecule has 1 fully saturated rings. The number of alkyl halides is 5. The number of rotatable bonds is 4. The highest BCUT2D eigenvalue weighted by molar-refractivity contribution is 6.04. The summed E-state index contributed by atoms with van der Waals surface area (Å²) in [6.45, 7) is 0. The molecule has 166 valence electrons. The molecule has 2 N–H and O–H groups in total. The van der Waals surface area contributed by atoms with Crippen molar-refractivity contribution in [3.63, 3.8) is 0 Å². The van der Waals surface area contributed by atoms with Gasteiger partial charge in [-0.05, 0) is 43.5 Å². The van der Waals surface area contributed by atoms with E-state index in [4.69, 9.17) is 5.11 Å². The van der Waals surface area contributed by atoms with Crippen molar-refractivity contribution in [2.75, 3.05) is 12.4 Å². The average molecular weight is 442 g/mol. The van der Waals surface area contributed by atoms with Gasteiger partial charge in [-0.3, -0.25) is 9.48 Å². The van der Waals surface area contributed by atoms with E-state index < -0.39 is 35.5 Å². The predicted octanol–water partition coefficient (Wildman–Crippen LogP) is 4.97. The highest BCUT2D eigenvalue weighted by atomic mass is 19.4. The van der Waals surface area contributed by atoms with E-state index in [1.54, 1.807) is 10.9 Å². The summed E-state index contributed by atoms with van der Waals surface area (Å²) in [5.41, 5.74) is -2.05. The zero-order chi connectivity index (χ0) is 22.8. The lowest BCUT2D eigenvalue weighted by atomic mass is 9.93. The van der Waals surface area contributed by atoms with Gasteiger partial charge >= 0.3 is 6.18 Å². The van der Waals surface area contributed by atoms with Gasteiger partial charge in [-0.25, -0.2) is 13.8 Å². The van der Waals surface area contributed by atoms with Gasteiger partial charge in [0.15, 0.2) is 0 Å². The third-order valence-electron chi connectivity index (χ3n) is 4.90. The van der Waals surface area contributed by atoms with E-state index in [2.05, 4.69) is 15.4 Å². The number of carbonyl (C=O) groups is 1. The second kappa shape index (κ2) is 8.96. The molecule has 6 nitrogen and oxygen atoms in total. The van der Waals surface area contributed by atoms with Crippen molar-refractivity contribution in [3.05, 3.63) is 53.5 Å². The van der Waals surface area contributed by atoms with Crippen molar-refractivity contribution in [1.29, 1.82) is 0 Å². The quantitative estimate of drug-likeness (QED) is 0.559. The first-order valence-corrected chi connectivity index (χ1v) is 9.33. The van der Waals surface area contributed by atoms with E-state index in [1.807, 2.05) is 0 Å². The molecule has 3 aromatic rings. The van der Waals surface area contributed by atoms with Crippen LogP contribution in [0.3, 0.4) is 0 Å². The molecule has 0 radical (unpaired) electrons. The van der Waals surface area contributed by atoms with Gasteiger partial charge in [0.2, 0.25) is 0 Å². The monoisotopic (exact) mass is 442 g/mol. The molecule has 1 aliphatic carbocycles. The van der Waals surface area contributed by atoms with Gasteiger partial charge in [-0.1, -0.05) is 6.07 Å². The predicted molar refractivity (Wildman–Crippen MR) is 103 cm³/mol. The van der Waals surface area contributed by atoms with E-state index in [-0.39, 0.29) is 11.7 Å². The Kier molecular flexibility index (Phi) is 6.54. The van der Waals surface area contributed by atoms with Crippen molar-refractivity contribution in [3.8, 4) is 0 Å². The van der Waals surface area contributed by atoms with Crippen LogP contribution < -0.4 is 5.32 Å². The summed E-state index contributed by atoms with van der Waals surface area (Å²) >= 11 is 0. The SMILES string of the molecule is CO.O=C(Nc1cc2cn(C3CCC3)nc2cc1C(F)F)c1cccc(C(F)(F)F)n1. The van der Waals surface area contributed by atoms with Crippen LogP contribution in [0.15, 0.2) is 36.5 Å². The maximum Gasteiger partial charge on any atom is 0.433 e. The summed E-state index contributed by atoms with van der Waals surface area (Å²) in [6, 6.07) is 5.60. The third-order valence-corrected chi connectivity index (χ3v) is 4.90. The molecule has 0 saturated heterocycles. The summed E-state index contributed by atoms with van der Waals surface area (Å²) < 4.78 is 67.2. The molecule has 0 atom stereocenters. The normalized spacial score (nSPS) is 14.2. The van der Waals surface area contributed by atoms with E-state index >= 15 is 0 Å². The Morgan fingerprint density at radius 2 is 1.94 bits per heavy atom. The topological polar surface area (TPSA) is 80.0 Å². The molecule has 4 rings (SSSR count). The molecule has 0 unspecified atom stereocenters. The van der Waals surface area contributed by atoms with Gasteiger partial charge in [0.05, 0.1) is 17.2 Å². The Bertz CT molecular complexity index is 1080. The second-order valence-corrected chi connectivity index (χ2v) is 6.85. The van der Waals surface area contributed by atoms with Gasteiger partial charge < -0.3 is 10.4 Å². The number of aliphatic hydroxyl groups is 1. The molecule has 0 aliphatic heterocycles. The number of pyridine rings is 1. The van der Waals surface area contributed by atoms with Crippen LogP contribution in [0.25, 0.3) is 10.9 Å². The van der Waals surface area contributed by atoms with Gasteiger partial charge in [0.25, 0.3) is 12.3 Å². The molecule has 1 aromatic carbocycles. The molecule has 1 saturated carbocycles. The molecule has 1 aliphatic rings. The van der Waals surface area contributed by atoms with Gasteiger partial charge in [-0.2, -0.15) is 18.3 Å². The summed E-state index contributed by atoms with van der Waals surface area (Å²) in [7, 11) is 1.00. The number of benzene rings is 1. The first-order chi connectivity index (χ1) is 14.7. The van der Waals surface area contributed by atoms with Crippen LogP contribution in [-0.2, 0) is 6.18 Å². The highest BCUT2D eigenvalue weighted by Gasteiger charge is 2.33. The smallest absolute Gasteiger partial charge is 0.400 e. The maximum atomic E-state index is 13.5. The standard InChI is InChI=1S/C19H15F5N4O.CH4O/c20-17(21)12-8-14-10(9-28(27-14)11-3-1-4-11)7-15(12)26-18(29)13-5-2-6-16(25-13)19(22,23)24;1-2/h2,5-9,11,17H,1,3-4H2,(H,26,29);2H,1H3. The molecular formula is C20H19F5N4O2. The first kappa shape index (κ1) is 22.6. The Morgan fingerprint density at radius 3 is 2.52 bits per heavy atom. The molecule has 0 spiro atoms. The zero-order valence-corrected chi connectivity index (χ0v) is 16.3. The van der Waals surface area contributed by atoms with Crippen molar-refractivity contribution in [1.82, 2.24) is 14.8 Å². The van der Waals surface area contributed by atoms with Crippen LogP contribution in [0.5, 0.6) is 0 Å². The van der Waals surface area contributed by atoms with E-state index in [0.717, 1.165) is 44.6 Å². The Morgan fingerprint density at radius 1 is 1.23 bits per heavy atom. The van der Waals surface area contributed by atoms with Crippen molar-refractivity contribution < 1.29 is 31.9 Å². The maximum absolute atomic E-state index is 13.5. The minimum Gasteiger partial charge on any atom is -0.400 e. The minimum absolute atomic E-state index is 0.190. The number of amides is 1. The number of hydrogen-bond acceptors (Lipinski definition) is 4. The fourth-order valence-corrected chi connectivity index (χ4v) is 3.14. The third kappa shape index (κ3) is 4.82. The molecule has 0 bridgehead atoms. The van der Waals surface area contributed by atoms with Gasteiger partial charge in [-0.15, -0.1) is 0 Å². The van der Waals surface area contributed by atoms with E-state index in [1.165, 1.54) is 12.1 Å². The van der Waals surface area contributed by atoms with Crippen molar-refractivity contribution in [2.45, 2.75) is 37.9 Å². The van der Waals surface area contributed by atoms with E-state index in [0.29, 0.717) is 10.9 Å². The first-order valence-electron chi connectivity index (χ1n) is 9.33. The minimum atomic E-state index is -4.72. The number of aromatic nitrogens is 3. The van der Waals surface area contributed by atoms with Crippen LogP contribution in [-0.4, -0.2) is 32.9 Å². The number of fused-ring (bicyclic) bond motifs is 1. The Hall–Kier alpha value is -3.08. The van der Waals surface area contributed by atoms with Gasteiger partial charge in [0, 0.05) is 24.3 Å². The number of halogens is 5. The van der Waals surface area contributed by atoms with Crippen LogP contribution in [0.1, 0.15) is 53.5 Å². The summed E-state index contributed by atoms with van der Waals surface area (Å²) in [4.78, 5) is 15.6. The largest absolute Gasteiger partial charge is 0.433 e. The summed E-state index contributed by atoms with van der Waals surface area (Å²) in [5, 5.41) is 14.1. The molecule has 2 heterocycles. The number of aliphatic hydroxyl groups excluding tert-OH is 1. The molecule has 11 heteroatoms. The average Bonchev–Trinajstić information content (AvgIpc) is 3.08. The van der Waals surface area contributed by atoms with E-state index in [9.17, 15) is 26.7 Å². The number of hydrogen-bond donors (Lipinski definition) is 2. The van der Waals surface area contributed by atoms with Crippen LogP contribution in [0.2, 0.25) is 0 Å². The molecule has 1 amide bonds. The number of anilines is 1. The highest BCUT2D eigenvalue weighted by Crippen LogP contribution is 2.35. The van der Waals surface area contributed by atoms with Gasteiger partial charge in [0.1, 0.15) is 11.4 Å². The van der Waals surface area contributed by atoms with Crippen LogP contribution in [0, 0.1) is 0 Å². The second-order valence-electron chi connectivity index (χ2n) is 6.85. The number of nitrogens with one attached hydrogen (secondary N) is 1. The molecule has 31 heavy (non-hydrogen) atoms. The van der Waals surface area contributed by atoms with Crippen molar-refractivity contribution >= 4 is 22.5 Å². The molecular weight excluding hydrogens is 423 g/mol. The van der Waals surface area contributed by atoms with Crippen LogP contribution in [0.4, 0.5) is 27.6 Å². The Balaban J connectivity index is 0.00000132. The number of nitrogens with zero attached hydrogens (tertiary/aromatic N) is 3. The lowest BCUT2D eigenvalue weighted by molar-refractivity contribution is -0.141. The van der Waals surface area contributed by atoms with Crippen molar-refractivity contribution in [2.24, 2.45) is 0 Å². The summed E-state index contributed by atoms with van der Waals surface area (Å²) in [6.07, 6.45) is -2.92. The fourth-order valence-electron chi connectivity index (χ4n) is 3.14. The molecule has 2 aromatic heterocycles. The zero-order valence-electron chi connectivity index (χ0n) is 16.3. The van der Waals surface area contributed by atoms with Crippen LogP contribution >= 0.6 is 0 Å². The Labute approximate surface area is 173 Å².